The van der Waals surface area contributed by atoms with Crippen LogP contribution in [0.5, 0.6) is 0 Å². The third kappa shape index (κ3) is 3.57. The lowest BCUT2D eigenvalue weighted by Crippen LogP contribution is -2.28. The highest BCUT2D eigenvalue weighted by Crippen LogP contribution is 2.04. The van der Waals surface area contributed by atoms with E-state index < -0.39 is 0 Å². The Bertz CT molecular complexity index is 249. The largest absolute Gasteiger partial charge is 0.367 e. The van der Waals surface area contributed by atoms with Crippen LogP contribution in [0.15, 0.2) is 12.4 Å². The molecule has 1 aromatic heterocycles. The Labute approximate surface area is 82.5 Å². The Morgan fingerprint density at radius 3 is 2.85 bits per heavy atom. The topological polar surface area (TPSA) is 63.8 Å². The van der Waals surface area contributed by atoms with Crippen molar-refractivity contribution in [3.05, 3.63) is 17.5 Å². The van der Waals surface area contributed by atoms with Crippen LogP contribution < -0.4 is 11.1 Å². The molecule has 13 heavy (non-hydrogen) atoms. The highest BCUT2D eigenvalue weighted by molar-refractivity contribution is 6.29. The molecule has 0 aliphatic carbocycles. The van der Waals surface area contributed by atoms with Gasteiger partial charge in [0.15, 0.2) is 0 Å². The zero-order valence-electron chi connectivity index (χ0n) is 7.50. The molecular weight excluding hydrogens is 188 g/mol. The molecular formula is C8H13ClN4. The van der Waals surface area contributed by atoms with Gasteiger partial charge in [0.05, 0.1) is 12.4 Å². The van der Waals surface area contributed by atoms with Crippen LogP contribution in [0.2, 0.25) is 5.15 Å². The average molecular weight is 201 g/mol. The number of aromatic nitrogens is 2. The van der Waals surface area contributed by atoms with E-state index in [2.05, 4.69) is 15.3 Å². The molecule has 1 unspecified atom stereocenters. The van der Waals surface area contributed by atoms with Crippen LogP contribution in [0.3, 0.4) is 0 Å². The normalized spacial score (nSPS) is 12.5. The Kier molecular flexibility index (Phi) is 3.92. The van der Waals surface area contributed by atoms with Gasteiger partial charge in [-0.15, -0.1) is 0 Å². The van der Waals surface area contributed by atoms with Crippen molar-refractivity contribution in [2.24, 2.45) is 5.73 Å². The minimum atomic E-state index is 0.150. The molecule has 0 amide bonds. The first-order valence-electron chi connectivity index (χ1n) is 4.19. The van der Waals surface area contributed by atoms with Crippen molar-refractivity contribution >= 4 is 17.4 Å². The van der Waals surface area contributed by atoms with Crippen molar-refractivity contribution in [3.8, 4) is 0 Å². The number of rotatable bonds is 4. The van der Waals surface area contributed by atoms with Gasteiger partial charge in [-0.1, -0.05) is 18.5 Å². The Hall–Kier alpha value is -0.870. The molecule has 1 rings (SSSR count). The van der Waals surface area contributed by atoms with Crippen LogP contribution in [-0.2, 0) is 0 Å². The van der Waals surface area contributed by atoms with Crippen molar-refractivity contribution in [2.45, 2.75) is 19.4 Å². The summed E-state index contributed by atoms with van der Waals surface area (Å²) >= 11 is 5.58. The third-order valence-corrected chi connectivity index (χ3v) is 1.89. The van der Waals surface area contributed by atoms with E-state index in [4.69, 9.17) is 17.3 Å². The van der Waals surface area contributed by atoms with Crippen LogP contribution >= 0.6 is 11.6 Å². The van der Waals surface area contributed by atoms with E-state index >= 15 is 0 Å². The fraction of sp³-hybridized carbons (Fsp3) is 0.500. The number of nitrogens with two attached hydrogens (primary N) is 1. The smallest absolute Gasteiger partial charge is 0.147 e. The molecule has 0 bridgehead atoms. The predicted molar refractivity (Wildman–Crippen MR) is 53.8 cm³/mol. The van der Waals surface area contributed by atoms with Crippen LogP contribution in [0.4, 0.5) is 5.82 Å². The molecule has 0 saturated heterocycles. The van der Waals surface area contributed by atoms with Gasteiger partial charge in [-0.05, 0) is 6.42 Å². The molecule has 0 spiro atoms. The molecule has 0 fully saturated rings. The molecule has 5 heteroatoms. The molecule has 1 aromatic rings. The lowest BCUT2D eigenvalue weighted by Gasteiger charge is -2.09. The number of hydrogen-bond acceptors (Lipinski definition) is 4. The summed E-state index contributed by atoms with van der Waals surface area (Å²) in [6, 6.07) is 0.150. The van der Waals surface area contributed by atoms with Gasteiger partial charge in [0, 0.05) is 12.6 Å². The molecule has 0 saturated carbocycles. The summed E-state index contributed by atoms with van der Waals surface area (Å²) in [7, 11) is 0. The zero-order chi connectivity index (χ0) is 9.68. The Balaban J connectivity index is 2.41. The second-order valence-electron chi connectivity index (χ2n) is 2.77. The summed E-state index contributed by atoms with van der Waals surface area (Å²) in [5, 5.41) is 3.46. The Morgan fingerprint density at radius 2 is 2.31 bits per heavy atom. The Morgan fingerprint density at radius 1 is 1.54 bits per heavy atom. The van der Waals surface area contributed by atoms with E-state index in [1.54, 1.807) is 6.20 Å². The number of nitrogens with zero attached hydrogens (tertiary/aromatic N) is 2. The van der Waals surface area contributed by atoms with Gasteiger partial charge >= 0.3 is 0 Å². The summed E-state index contributed by atoms with van der Waals surface area (Å²) in [4.78, 5) is 7.91. The second-order valence-corrected chi connectivity index (χ2v) is 3.16. The highest BCUT2D eigenvalue weighted by Gasteiger charge is 1.99. The van der Waals surface area contributed by atoms with Gasteiger partial charge in [-0.25, -0.2) is 9.97 Å². The first-order chi connectivity index (χ1) is 6.22. The van der Waals surface area contributed by atoms with Crippen LogP contribution in [-0.4, -0.2) is 22.6 Å². The van der Waals surface area contributed by atoms with Crippen LogP contribution in [0, 0.1) is 0 Å². The summed E-state index contributed by atoms with van der Waals surface area (Å²) in [6.45, 7) is 2.74. The monoisotopic (exact) mass is 200 g/mol. The van der Waals surface area contributed by atoms with Gasteiger partial charge in [0.25, 0.3) is 0 Å². The number of hydrogen-bond donors (Lipinski definition) is 2. The van der Waals surface area contributed by atoms with Crippen LogP contribution in [0.25, 0.3) is 0 Å². The molecule has 1 heterocycles. The summed E-state index contributed by atoms with van der Waals surface area (Å²) in [5.41, 5.74) is 5.71. The predicted octanol–water partition coefficient (Wildman–Crippen LogP) is 1.28. The summed E-state index contributed by atoms with van der Waals surface area (Å²) < 4.78 is 0. The van der Waals surface area contributed by atoms with Crippen LogP contribution in [0.1, 0.15) is 13.3 Å². The molecule has 0 aliphatic heterocycles. The highest BCUT2D eigenvalue weighted by atomic mass is 35.5. The van der Waals surface area contributed by atoms with E-state index in [-0.39, 0.29) is 6.04 Å². The quantitative estimate of drug-likeness (QED) is 0.769. The van der Waals surface area contributed by atoms with Crippen molar-refractivity contribution in [2.75, 3.05) is 11.9 Å². The van der Waals surface area contributed by atoms with Crippen molar-refractivity contribution < 1.29 is 0 Å². The third-order valence-electron chi connectivity index (χ3n) is 1.69. The summed E-state index contributed by atoms with van der Waals surface area (Å²) in [5.74, 6) is 0.702. The summed E-state index contributed by atoms with van der Waals surface area (Å²) in [6.07, 6.45) is 4.03. The molecule has 72 valence electrons. The minimum Gasteiger partial charge on any atom is -0.367 e. The van der Waals surface area contributed by atoms with E-state index in [1.807, 2.05) is 6.92 Å². The molecule has 3 N–H and O–H groups in total. The van der Waals surface area contributed by atoms with E-state index in [1.165, 1.54) is 6.20 Å². The van der Waals surface area contributed by atoms with E-state index in [9.17, 15) is 0 Å². The number of anilines is 1. The molecule has 1 atom stereocenters. The maximum atomic E-state index is 5.71. The minimum absolute atomic E-state index is 0.150. The molecule has 0 aliphatic rings. The first-order valence-corrected chi connectivity index (χ1v) is 4.57. The average Bonchev–Trinajstić information content (AvgIpc) is 2.16. The van der Waals surface area contributed by atoms with Gasteiger partial charge < -0.3 is 11.1 Å². The van der Waals surface area contributed by atoms with Gasteiger partial charge in [-0.2, -0.15) is 0 Å². The number of nitrogens with one attached hydrogen (secondary N) is 1. The van der Waals surface area contributed by atoms with Gasteiger partial charge in [-0.3, -0.25) is 0 Å². The lowest BCUT2D eigenvalue weighted by atomic mass is 10.2. The standard InChI is InChI=1S/C8H13ClN4/c1-2-6(10)3-12-8-5-11-7(9)4-13-8/h4-6H,2-3,10H2,1H3,(H,12,13). The maximum Gasteiger partial charge on any atom is 0.147 e. The fourth-order valence-corrected chi connectivity index (χ4v) is 0.881. The maximum absolute atomic E-state index is 5.71. The van der Waals surface area contributed by atoms with Gasteiger partial charge in [0.1, 0.15) is 11.0 Å². The van der Waals surface area contributed by atoms with Crippen molar-refractivity contribution in [1.82, 2.24) is 9.97 Å². The molecule has 4 nitrogen and oxygen atoms in total. The SMILES string of the molecule is CCC(N)CNc1cnc(Cl)cn1. The van der Waals surface area contributed by atoms with Crippen molar-refractivity contribution in [3.63, 3.8) is 0 Å². The molecule has 0 radical (unpaired) electrons. The van der Waals surface area contributed by atoms with Gasteiger partial charge in [0.2, 0.25) is 0 Å². The first kappa shape index (κ1) is 10.2. The van der Waals surface area contributed by atoms with Crippen molar-refractivity contribution in [1.29, 1.82) is 0 Å². The van der Waals surface area contributed by atoms with E-state index in [0.29, 0.717) is 17.5 Å². The lowest BCUT2D eigenvalue weighted by molar-refractivity contribution is 0.677. The number of halogens is 1. The fourth-order valence-electron chi connectivity index (χ4n) is 0.784. The second kappa shape index (κ2) is 4.99. The van der Waals surface area contributed by atoms with E-state index in [0.717, 1.165) is 6.42 Å². The zero-order valence-corrected chi connectivity index (χ0v) is 8.25. The molecule has 0 aromatic carbocycles.